The maximum atomic E-state index is 13.7. The molecule has 3 aromatic carbocycles. The Labute approximate surface area is 158 Å². The zero-order valence-electron chi connectivity index (χ0n) is 14.4. The Kier molecular flexibility index (Phi) is 4.45. The molecule has 0 saturated heterocycles. The molecule has 1 heterocycles. The Hall–Kier alpha value is -3.80. The lowest BCUT2D eigenvalue weighted by molar-refractivity contribution is 0.102. The summed E-state index contributed by atoms with van der Waals surface area (Å²) in [5.74, 6) is -1.34. The highest BCUT2D eigenvalue weighted by Gasteiger charge is 2.13. The van der Waals surface area contributed by atoms with E-state index in [2.05, 4.69) is 5.32 Å². The van der Waals surface area contributed by atoms with Crippen molar-refractivity contribution in [2.75, 3.05) is 5.32 Å². The molecule has 4 rings (SSSR count). The molecule has 0 aliphatic heterocycles. The number of anilines is 1. The van der Waals surface area contributed by atoms with Crippen LogP contribution in [0.15, 0.2) is 82.0 Å². The van der Waals surface area contributed by atoms with E-state index in [1.807, 2.05) is 0 Å². The van der Waals surface area contributed by atoms with Crippen LogP contribution in [0.25, 0.3) is 22.3 Å². The third-order valence-electron chi connectivity index (χ3n) is 4.23. The first kappa shape index (κ1) is 17.6. The third kappa shape index (κ3) is 3.40. The van der Waals surface area contributed by atoms with Crippen LogP contribution in [0.3, 0.4) is 0 Å². The van der Waals surface area contributed by atoms with Crippen molar-refractivity contribution in [1.82, 2.24) is 0 Å². The average molecular weight is 377 g/mol. The molecule has 0 aliphatic rings. The molecule has 4 aromatic rings. The molecule has 4 nitrogen and oxygen atoms in total. The number of nitrogens with one attached hydrogen (secondary N) is 1. The maximum absolute atomic E-state index is 13.7. The Bertz CT molecular complexity index is 1250. The first-order valence-corrected chi connectivity index (χ1v) is 8.41. The molecule has 1 aromatic heterocycles. The minimum Gasteiger partial charge on any atom is -0.456 e. The van der Waals surface area contributed by atoms with Gasteiger partial charge in [-0.3, -0.25) is 9.59 Å². The van der Waals surface area contributed by atoms with E-state index in [-0.39, 0.29) is 22.2 Å². The van der Waals surface area contributed by atoms with Gasteiger partial charge in [0.1, 0.15) is 23.0 Å². The quantitative estimate of drug-likeness (QED) is 0.547. The van der Waals surface area contributed by atoms with Gasteiger partial charge in [0, 0.05) is 17.3 Å². The molecule has 0 aliphatic carbocycles. The molecule has 0 fully saturated rings. The van der Waals surface area contributed by atoms with Crippen LogP contribution in [0.2, 0.25) is 0 Å². The van der Waals surface area contributed by atoms with E-state index in [0.717, 1.165) is 0 Å². The van der Waals surface area contributed by atoms with Crippen LogP contribution in [0.5, 0.6) is 0 Å². The van der Waals surface area contributed by atoms with Gasteiger partial charge in [0.05, 0.1) is 10.9 Å². The second kappa shape index (κ2) is 7.08. The highest BCUT2D eigenvalue weighted by atomic mass is 19.1. The van der Waals surface area contributed by atoms with Crippen molar-refractivity contribution >= 4 is 22.6 Å². The van der Waals surface area contributed by atoms with E-state index in [4.69, 9.17) is 4.42 Å². The van der Waals surface area contributed by atoms with Crippen molar-refractivity contribution in [3.8, 4) is 11.3 Å². The van der Waals surface area contributed by atoms with Crippen molar-refractivity contribution < 1.29 is 18.0 Å². The van der Waals surface area contributed by atoms with Crippen LogP contribution in [-0.2, 0) is 0 Å². The normalized spacial score (nSPS) is 10.8. The third-order valence-corrected chi connectivity index (χ3v) is 4.23. The smallest absolute Gasteiger partial charge is 0.258 e. The van der Waals surface area contributed by atoms with Crippen molar-refractivity contribution in [1.29, 1.82) is 0 Å². The summed E-state index contributed by atoms with van der Waals surface area (Å²) in [5.41, 5.74) is 0.805. The number of halogens is 2. The Balaban J connectivity index is 1.68. The summed E-state index contributed by atoms with van der Waals surface area (Å²) in [7, 11) is 0. The fourth-order valence-electron chi connectivity index (χ4n) is 2.83. The summed E-state index contributed by atoms with van der Waals surface area (Å²) in [6.45, 7) is 0. The van der Waals surface area contributed by atoms with Crippen LogP contribution in [0, 0.1) is 11.6 Å². The minimum absolute atomic E-state index is 0.0960. The number of hydrogen-bond acceptors (Lipinski definition) is 3. The summed E-state index contributed by atoms with van der Waals surface area (Å²) in [6, 6.07) is 17.1. The zero-order chi connectivity index (χ0) is 19.7. The van der Waals surface area contributed by atoms with Gasteiger partial charge in [-0.2, -0.15) is 0 Å². The predicted molar refractivity (Wildman–Crippen MR) is 102 cm³/mol. The largest absolute Gasteiger partial charge is 0.456 e. The summed E-state index contributed by atoms with van der Waals surface area (Å²) in [4.78, 5) is 24.7. The van der Waals surface area contributed by atoms with Gasteiger partial charge in [0.25, 0.3) is 5.91 Å². The maximum Gasteiger partial charge on any atom is 0.258 e. The molecule has 0 radical (unpaired) electrons. The lowest BCUT2D eigenvalue weighted by Gasteiger charge is -2.08. The molecule has 1 amide bonds. The van der Waals surface area contributed by atoms with Crippen molar-refractivity contribution in [3.63, 3.8) is 0 Å². The molecule has 138 valence electrons. The van der Waals surface area contributed by atoms with E-state index in [9.17, 15) is 18.4 Å². The lowest BCUT2D eigenvalue weighted by Crippen LogP contribution is -2.14. The molecule has 0 unspecified atom stereocenters. The molecule has 28 heavy (non-hydrogen) atoms. The summed E-state index contributed by atoms with van der Waals surface area (Å²) in [5, 5.41) is 2.83. The van der Waals surface area contributed by atoms with E-state index in [0.29, 0.717) is 22.6 Å². The van der Waals surface area contributed by atoms with Gasteiger partial charge in [-0.25, -0.2) is 8.78 Å². The summed E-state index contributed by atoms with van der Waals surface area (Å²) >= 11 is 0. The first-order chi connectivity index (χ1) is 13.5. The highest BCUT2D eigenvalue weighted by molar-refractivity contribution is 6.05. The van der Waals surface area contributed by atoms with Gasteiger partial charge in [-0.15, -0.1) is 0 Å². The SMILES string of the molecule is O=C(Nc1ccc2oc(-c3ccc(F)cc3)cc(=O)c2c1)c1ccccc1F. The van der Waals surface area contributed by atoms with Crippen LogP contribution < -0.4 is 10.7 Å². The Morgan fingerprint density at radius 1 is 0.893 bits per heavy atom. The van der Waals surface area contributed by atoms with Crippen molar-refractivity contribution in [3.05, 3.63) is 100 Å². The Morgan fingerprint density at radius 2 is 1.64 bits per heavy atom. The van der Waals surface area contributed by atoms with E-state index < -0.39 is 11.7 Å². The fraction of sp³-hybridized carbons (Fsp3) is 0. The van der Waals surface area contributed by atoms with E-state index in [1.54, 1.807) is 18.2 Å². The number of hydrogen-bond donors (Lipinski definition) is 1. The van der Waals surface area contributed by atoms with Gasteiger partial charge in [0.15, 0.2) is 5.43 Å². The minimum atomic E-state index is -0.635. The van der Waals surface area contributed by atoms with Crippen LogP contribution in [0.1, 0.15) is 10.4 Å². The number of amides is 1. The van der Waals surface area contributed by atoms with Gasteiger partial charge >= 0.3 is 0 Å². The molecule has 0 spiro atoms. The van der Waals surface area contributed by atoms with E-state index in [1.165, 1.54) is 54.6 Å². The topological polar surface area (TPSA) is 59.3 Å². The summed E-state index contributed by atoms with van der Waals surface area (Å²) < 4.78 is 32.6. The predicted octanol–water partition coefficient (Wildman–Crippen LogP) is 4.99. The molecule has 6 heteroatoms. The van der Waals surface area contributed by atoms with Gasteiger partial charge < -0.3 is 9.73 Å². The number of carbonyl (C=O) groups is 1. The fourth-order valence-corrected chi connectivity index (χ4v) is 2.83. The van der Waals surface area contributed by atoms with Gasteiger partial charge in [-0.1, -0.05) is 12.1 Å². The summed E-state index contributed by atoms with van der Waals surface area (Å²) in [6.07, 6.45) is 0. The van der Waals surface area contributed by atoms with Crippen LogP contribution in [0.4, 0.5) is 14.5 Å². The molecule has 0 saturated carbocycles. The molecule has 1 N–H and O–H groups in total. The number of fused-ring (bicyclic) bond motifs is 1. The number of carbonyl (C=O) groups excluding carboxylic acids is 1. The monoisotopic (exact) mass is 377 g/mol. The van der Waals surface area contributed by atoms with Crippen LogP contribution in [-0.4, -0.2) is 5.91 Å². The Morgan fingerprint density at radius 3 is 2.39 bits per heavy atom. The lowest BCUT2D eigenvalue weighted by atomic mass is 10.1. The standard InChI is InChI=1S/C22H13F2NO3/c23-14-7-5-13(6-8-14)21-12-19(26)17-11-15(9-10-20(17)28-21)25-22(27)16-3-1-2-4-18(16)24/h1-12H,(H,25,27). The molecule has 0 bridgehead atoms. The number of benzene rings is 3. The first-order valence-electron chi connectivity index (χ1n) is 8.41. The number of rotatable bonds is 3. The second-order valence-corrected chi connectivity index (χ2v) is 6.13. The van der Waals surface area contributed by atoms with Gasteiger partial charge in [0.2, 0.25) is 0 Å². The van der Waals surface area contributed by atoms with Crippen molar-refractivity contribution in [2.45, 2.75) is 0 Å². The molecular formula is C22H13F2NO3. The van der Waals surface area contributed by atoms with E-state index >= 15 is 0 Å². The average Bonchev–Trinajstić information content (AvgIpc) is 2.69. The highest BCUT2D eigenvalue weighted by Crippen LogP contribution is 2.24. The van der Waals surface area contributed by atoms with Crippen LogP contribution >= 0.6 is 0 Å². The van der Waals surface area contributed by atoms with Gasteiger partial charge in [-0.05, 0) is 54.6 Å². The zero-order valence-corrected chi connectivity index (χ0v) is 14.4. The molecule has 0 atom stereocenters. The van der Waals surface area contributed by atoms with Crippen molar-refractivity contribution in [2.24, 2.45) is 0 Å². The second-order valence-electron chi connectivity index (χ2n) is 6.13. The molecular weight excluding hydrogens is 364 g/mol.